The summed E-state index contributed by atoms with van der Waals surface area (Å²) < 4.78 is 11.3. The van der Waals surface area contributed by atoms with Crippen LogP contribution < -0.4 is 5.32 Å². The van der Waals surface area contributed by atoms with E-state index in [1.807, 2.05) is 0 Å². The lowest BCUT2D eigenvalue weighted by molar-refractivity contribution is -0.302. The van der Waals surface area contributed by atoms with Gasteiger partial charge in [0.2, 0.25) is 5.91 Å². The molecule has 1 rings (SSSR count). The lowest BCUT2D eigenvalue weighted by Gasteiger charge is -2.40. The second-order valence-electron chi connectivity index (χ2n) is 17.2. The van der Waals surface area contributed by atoms with Crippen molar-refractivity contribution in [3.63, 3.8) is 0 Å². The molecule has 0 radical (unpaired) electrons. The second kappa shape index (κ2) is 41.2. The number of unbranched alkanes of at least 4 members (excludes halogenated alkanes) is 23. The minimum absolute atomic E-state index is 0.145. The van der Waals surface area contributed by atoms with Gasteiger partial charge in [-0.1, -0.05) is 204 Å². The normalized spacial score (nSPS) is 20.9. The molecule has 9 heteroatoms. The van der Waals surface area contributed by atoms with Gasteiger partial charge in [0.15, 0.2) is 6.29 Å². The molecule has 1 aliphatic heterocycles. The third-order valence-electron chi connectivity index (χ3n) is 11.7. The van der Waals surface area contributed by atoms with E-state index < -0.39 is 49.5 Å². The number of aliphatic hydroxyl groups is 5. The van der Waals surface area contributed by atoms with Crippen LogP contribution in [0.5, 0.6) is 0 Å². The van der Waals surface area contributed by atoms with Crippen LogP contribution in [0.3, 0.4) is 0 Å². The monoisotopic (exact) mass is 848 g/mol. The number of hydrogen-bond donors (Lipinski definition) is 6. The molecule has 0 aliphatic carbocycles. The number of carbonyl (C=O) groups excluding carboxylic acids is 1. The van der Waals surface area contributed by atoms with Gasteiger partial charge in [0.1, 0.15) is 24.4 Å². The number of nitrogens with one attached hydrogen (secondary N) is 1. The van der Waals surface area contributed by atoms with Crippen LogP contribution in [-0.4, -0.2) is 87.5 Å². The van der Waals surface area contributed by atoms with E-state index in [-0.39, 0.29) is 12.5 Å². The van der Waals surface area contributed by atoms with Crippen LogP contribution in [0.4, 0.5) is 0 Å². The Morgan fingerprint density at radius 1 is 0.583 bits per heavy atom. The van der Waals surface area contributed by atoms with E-state index in [2.05, 4.69) is 67.8 Å². The Bertz CT molecular complexity index is 1080. The maximum Gasteiger partial charge on any atom is 0.220 e. The summed E-state index contributed by atoms with van der Waals surface area (Å²) in [5, 5.41) is 54.5. The smallest absolute Gasteiger partial charge is 0.220 e. The number of amides is 1. The average Bonchev–Trinajstić information content (AvgIpc) is 3.25. The van der Waals surface area contributed by atoms with Crippen LogP contribution in [0.1, 0.15) is 213 Å². The summed E-state index contributed by atoms with van der Waals surface area (Å²) in [7, 11) is 0. The van der Waals surface area contributed by atoms with Gasteiger partial charge in [-0.2, -0.15) is 0 Å². The van der Waals surface area contributed by atoms with E-state index in [1.165, 1.54) is 109 Å². The van der Waals surface area contributed by atoms with Crippen molar-refractivity contribution in [1.29, 1.82) is 0 Å². The SMILES string of the molecule is CC/C=C\C/C=C\C/C=C\C/C=C\CCCCCCCCC(=O)NC(COC1OC(CO)C(O)C(O)C1O)C(O)CCCCCCCCCCCCCCCCCCCC. The molecule has 1 amide bonds. The second-order valence-corrected chi connectivity index (χ2v) is 17.2. The van der Waals surface area contributed by atoms with Crippen LogP contribution in [0, 0.1) is 0 Å². The molecule has 0 aromatic carbocycles. The zero-order chi connectivity index (χ0) is 43.7. The summed E-state index contributed by atoms with van der Waals surface area (Å²) in [5.41, 5.74) is 0. The van der Waals surface area contributed by atoms with Gasteiger partial charge in [-0.15, -0.1) is 0 Å². The zero-order valence-electron chi connectivity index (χ0n) is 38.5. The topological polar surface area (TPSA) is 149 Å². The Morgan fingerprint density at radius 3 is 1.53 bits per heavy atom. The fourth-order valence-corrected chi connectivity index (χ4v) is 7.74. The highest BCUT2D eigenvalue weighted by Gasteiger charge is 2.44. The molecule has 1 saturated heterocycles. The Morgan fingerprint density at radius 2 is 1.03 bits per heavy atom. The summed E-state index contributed by atoms with van der Waals surface area (Å²) in [5.74, 6) is -0.159. The summed E-state index contributed by atoms with van der Waals surface area (Å²) in [6, 6.07) is -0.728. The van der Waals surface area contributed by atoms with Crippen molar-refractivity contribution in [1.82, 2.24) is 5.32 Å². The Balaban J connectivity index is 2.31. The highest BCUT2D eigenvalue weighted by Crippen LogP contribution is 2.23. The third-order valence-corrected chi connectivity index (χ3v) is 11.7. The van der Waals surface area contributed by atoms with Crippen molar-refractivity contribution in [3.05, 3.63) is 48.6 Å². The molecule has 60 heavy (non-hydrogen) atoms. The third kappa shape index (κ3) is 31.1. The first-order valence-electron chi connectivity index (χ1n) is 24.8. The van der Waals surface area contributed by atoms with Crippen molar-refractivity contribution in [2.45, 2.75) is 256 Å². The molecule has 7 atom stereocenters. The first-order chi connectivity index (χ1) is 29.3. The fraction of sp³-hybridized carbons (Fsp3) is 0.824. The van der Waals surface area contributed by atoms with Gasteiger partial charge in [0, 0.05) is 6.42 Å². The number of allylic oxidation sites excluding steroid dienone is 8. The Labute approximate surface area is 367 Å². The molecule has 1 heterocycles. The highest BCUT2D eigenvalue weighted by atomic mass is 16.7. The average molecular weight is 848 g/mol. The van der Waals surface area contributed by atoms with Crippen LogP contribution >= 0.6 is 0 Å². The highest BCUT2D eigenvalue weighted by molar-refractivity contribution is 5.76. The number of ether oxygens (including phenoxy) is 2. The quantitative estimate of drug-likeness (QED) is 0.0263. The first-order valence-corrected chi connectivity index (χ1v) is 24.8. The van der Waals surface area contributed by atoms with Crippen molar-refractivity contribution in [2.24, 2.45) is 0 Å². The molecular formula is C51H93NO8. The van der Waals surface area contributed by atoms with Gasteiger partial charge in [-0.3, -0.25) is 4.79 Å². The van der Waals surface area contributed by atoms with E-state index in [0.717, 1.165) is 77.0 Å². The molecule has 1 fully saturated rings. The molecule has 0 aromatic heterocycles. The predicted octanol–water partition coefficient (Wildman–Crippen LogP) is 11.0. The zero-order valence-corrected chi connectivity index (χ0v) is 38.5. The predicted molar refractivity (Wildman–Crippen MR) is 249 cm³/mol. The molecule has 9 nitrogen and oxygen atoms in total. The van der Waals surface area contributed by atoms with Gasteiger partial charge in [0.25, 0.3) is 0 Å². The number of aliphatic hydroxyl groups excluding tert-OH is 5. The largest absolute Gasteiger partial charge is 0.394 e. The van der Waals surface area contributed by atoms with E-state index in [9.17, 15) is 30.3 Å². The van der Waals surface area contributed by atoms with E-state index in [0.29, 0.717) is 12.8 Å². The van der Waals surface area contributed by atoms with E-state index >= 15 is 0 Å². The molecule has 6 N–H and O–H groups in total. The number of rotatable bonds is 41. The molecule has 350 valence electrons. The molecule has 0 spiro atoms. The van der Waals surface area contributed by atoms with Gasteiger partial charge >= 0.3 is 0 Å². The Hall–Kier alpha value is -1.85. The maximum atomic E-state index is 13.0. The first kappa shape index (κ1) is 56.2. The molecule has 1 aliphatic rings. The van der Waals surface area contributed by atoms with Crippen molar-refractivity contribution < 1.29 is 39.8 Å². The lowest BCUT2D eigenvalue weighted by Crippen LogP contribution is -2.60. The molecule has 7 unspecified atom stereocenters. The van der Waals surface area contributed by atoms with Gasteiger partial charge in [-0.05, 0) is 51.4 Å². The summed E-state index contributed by atoms with van der Waals surface area (Å²) >= 11 is 0. The van der Waals surface area contributed by atoms with Crippen molar-refractivity contribution in [2.75, 3.05) is 13.2 Å². The van der Waals surface area contributed by atoms with Gasteiger partial charge in [0.05, 0.1) is 25.4 Å². The summed E-state index contributed by atoms with van der Waals surface area (Å²) in [6.45, 7) is 3.72. The lowest BCUT2D eigenvalue weighted by atomic mass is 9.99. The van der Waals surface area contributed by atoms with Gasteiger partial charge < -0.3 is 40.3 Å². The Kier molecular flexibility index (Phi) is 38.5. The summed E-state index contributed by atoms with van der Waals surface area (Å²) in [4.78, 5) is 13.0. The maximum absolute atomic E-state index is 13.0. The van der Waals surface area contributed by atoms with Crippen LogP contribution in [-0.2, 0) is 14.3 Å². The van der Waals surface area contributed by atoms with Crippen LogP contribution in [0.15, 0.2) is 48.6 Å². The standard InChI is InChI=1S/C51H93NO8/c1-3-5-7-9-11-13-15-17-19-21-23-25-27-29-31-33-35-37-39-41-47(55)52-44(43-59-51-50(58)49(57)48(56)46(42-53)60-51)45(54)40-38-36-34-32-30-28-26-24-22-20-18-16-14-12-10-8-6-4-2/h5,7,11,13,17,19,23,25,44-46,48-51,53-54,56-58H,3-4,6,8-10,12,14-16,18,20-22,24,26-43H2,1-2H3,(H,52,55)/b7-5-,13-11-,19-17-,25-23-. The molecule has 0 aromatic rings. The molecule has 0 bridgehead atoms. The minimum Gasteiger partial charge on any atom is -0.394 e. The fourth-order valence-electron chi connectivity index (χ4n) is 7.74. The van der Waals surface area contributed by atoms with Crippen molar-refractivity contribution >= 4 is 5.91 Å². The molecule has 0 saturated carbocycles. The van der Waals surface area contributed by atoms with Crippen molar-refractivity contribution in [3.8, 4) is 0 Å². The number of carbonyl (C=O) groups is 1. The van der Waals surface area contributed by atoms with Gasteiger partial charge in [-0.25, -0.2) is 0 Å². The van der Waals surface area contributed by atoms with E-state index in [4.69, 9.17) is 9.47 Å². The van der Waals surface area contributed by atoms with Crippen LogP contribution in [0.25, 0.3) is 0 Å². The van der Waals surface area contributed by atoms with Crippen LogP contribution in [0.2, 0.25) is 0 Å². The minimum atomic E-state index is -1.56. The van der Waals surface area contributed by atoms with E-state index in [1.54, 1.807) is 0 Å². The molecular weight excluding hydrogens is 755 g/mol. The number of hydrogen-bond acceptors (Lipinski definition) is 8. The summed E-state index contributed by atoms with van der Waals surface area (Å²) in [6.07, 6.45) is 45.4.